The van der Waals surface area contributed by atoms with Crippen molar-refractivity contribution in [2.24, 2.45) is 0 Å². The zero-order chi connectivity index (χ0) is 16.5. The van der Waals surface area contributed by atoms with Gasteiger partial charge < -0.3 is 0 Å². The van der Waals surface area contributed by atoms with Gasteiger partial charge in [-0.2, -0.15) is 0 Å². The lowest BCUT2D eigenvalue weighted by molar-refractivity contribution is 1.52. The summed E-state index contributed by atoms with van der Waals surface area (Å²) in [6, 6.07) is 26.1. The third-order valence-corrected chi connectivity index (χ3v) is 4.79. The van der Waals surface area contributed by atoms with Gasteiger partial charge in [-0.05, 0) is 57.6 Å². The van der Waals surface area contributed by atoms with Crippen LogP contribution in [-0.2, 0) is 0 Å². The molecule has 0 saturated carbocycles. The zero-order valence-electron chi connectivity index (χ0n) is 14.1. The highest BCUT2D eigenvalue weighted by atomic mass is 14.1. The molecule has 0 unspecified atom stereocenters. The van der Waals surface area contributed by atoms with E-state index in [0.717, 1.165) is 0 Å². The maximum atomic E-state index is 2.24. The van der Waals surface area contributed by atoms with Crippen molar-refractivity contribution in [1.82, 2.24) is 0 Å². The van der Waals surface area contributed by atoms with Gasteiger partial charge in [-0.3, -0.25) is 0 Å². The molecule has 0 aliphatic rings. The highest BCUT2D eigenvalue weighted by Gasteiger charge is 2.02. The van der Waals surface area contributed by atoms with E-state index in [1.54, 1.807) is 0 Å². The highest BCUT2D eigenvalue weighted by molar-refractivity contribution is 5.98. The Labute approximate surface area is 143 Å². The van der Waals surface area contributed by atoms with E-state index in [9.17, 15) is 0 Å². The van der Waals surface area contributed by atoms with Gasteiger partial charge >= 0.3 is 0 Å². The summed E-state index contributed by atoms with van der Waals surface area (Å²) in [5.74, 6) is 0. The Balaban J connectivity index is 1.85. The van der Waals surface area contributed by atoms with Crippen LogP contribution in [0.5, 0.6) is 0 Å². The van der Waals surface area contributed by atoms with E-state index in [1.165, 1.54) is 43.8 Å². The van der Waals surface area contributed by atoms with Crippen molar-refractivity contribution in [2.45, 2.75) is 13.8 Å². The van der Waals surface area contributed by atoms with Crippen LogP contribution >= 0.6 is 0 Å². The summed E-state index contributed by atoms with van der Waals surface area (Å²) >= 11 is 0. The first kappa shape index (κ1) is 14.7. The van der Waals surface area contributed by atoms with Gasteiger partial charge in [0.25, 0.3) is 0 Å². The maximum absolute atomic E-state index is 2.24. The standard InChI is InChI=1S/C24H20/c1-17-11-13-19(23-9-5-3-7-21(17)23)15-16-20-14-12-18(2)22-8-4-6-10-24(20)22/h3-16H,1-2H3/b16-15+. The van der Waals surface area contributed by atoms with Crippen molar-refractivity contribution in [1.29, 1.82) is 0 Å². The molecule has 24 heavy (non-hydrogen) atoms. The fraction of sp³-hybridized carbons (Fsp3) is 0.0833. The number of benzene rings is 4. The summed E-state index contributed by atoms with van der Waals surface area (Å²) in [6.45, 7) is 4.34. The van der Waals surface area contributed by atoms with Gasteiger partial charge in [-0.15, -0.1) is 0 Å². The monoisotopic (exact) mass is 308 g/mol. The molecule has 116 valence electrons. The van der Waals surface area contributed by atoms with Crippen LogP contribution in [0.4, 0.5) is 0 Å². The summed E-state index contributed by atoms with van der Waals surface area (Å²) in [7, 11) is 0. The minimum Gasteiger partial charge on any atom is -0.0616 e. The second-order valence-electron chi connectivity index (χ2n) is 6.37. The molecule has 0 aromatic heterocycles. The van der Waals surface area contributed by atoms with Gasteiger partial charge in [0.1, 0.15) is 0 Å². The lowest BCUT2D eigenvalue weighted by Gasteiger charge is -2.07. The zero-order valence-corrected chi connectivity index (χ0v) is 14.1. The highest BCUT2D eigenvalue weighted by Crippen LogP contribution is 2.27. The molecule has 4 aromatic carbocycles. The first-order chi connectivity index (χ1) is 11.7. The van der Waals surface area contributed by atoms with Crippen molar-refractivity contribution >= 4 is 33.7 Å². The van der Waals surface area contributed by atoms with Crippen molar-refractivity contribution in [3.8, 4) is 0 Å². The molecule has 0 radical (unpaired) electrons. The average molecular weight is 308 g/mol. The number of hydrogen-bond acceptors (Lipinski definition) is 0. The second kappa shape index (κ2) is 5.98. The van der Waals surface area contributed by atoms with Gasteiger partial charge in [-0.1, -0.05) is 84.9 Å². The smallest absolute Gasteiger partial charge is 0.0109 e. The van der Waals surface area contributed by atoms with Crippen LogP contribution in [0.1, 0.15) is 22.3 Å². The van der Waals surface area contributed by atoms with Gasteiger partial charge in [0, 0.05) is 0 Å². The van der Waals surface area contributed by atoms with Crippen molar-refractivity contribution in [2.75, 3.05) is 0 Å². The Morgan fingerprint density at radius 3 is 1.25 bits per heavy atom. The van der Waals surface area contributed by atoms with Gasteiger partial charge in [-0.25, -0.2) is 0 Å². The van der Waals surface area contributed by atoms with E-state index >= 15 is 0 Å². The van der Waals surface area contributed by atoms with E-state index in [2.05, 4.69) is 98.8 Å². The second-order valence-corrected chi connectivity index (χ2v) is 6.37. The molecule has 0 atom stereocenters. The largest absolute Gasteiger partial charge is 0.0616 e. The van der Waals surface area contributed by atoms with Crippen LogP contribution in [0.15, 0.2) is 72.8 Å². The van der Waals surface area contributed by atoms with Crippen LogP contribution in [-0.4, -0.2) is 0 Å². The molecule has 0 aliphatic carbocycles. The van der Waals surface area contributed by atoms with Crippen molar-refractivity contribution in [3.63, 3.8) is 0 Å². The Morgan fingerprint density at radius 1 is 0.458 bits per heavy atom. The van der Waals surface area contributed by atoms with Crippen molar-refractivity contribution < 1.29 is 0 Å². The number of fused-ring (bicyclic) bond motifs is 2. The maximum Gasteiger partial charge on any atom is -0.0109 e. The lowest BCUT2D eigenvalue weighted by atomic mass is 9.97. The van der Waals surface area contributed by atoms with Gasteiger partial charge in [0.05, 0.1) is 0 Å². The first-order valence-electron chi connectivity index (χ1n) is 8.39. The van der Waals surface area contributed by atoms with Crippen LogP contribution in [0.3, 0.4) is 0 Å². The summed E-state index contributed by atoms with van der Waals surface area (Å²) in [5.41, 5.74) is 5.17. The van der Waals surface area contributed by atoms with E-state index in [0.29, 0.717) is 0 Å². The summed E-state index contributed by atoms with van der Waals surface area (Å²) in [4.78, 5) is 0. The minimum atomic E-state index is 1.26. The molecule has 0 bridgehead atoms. The lowest BCUT2D eigenvalue weighted by Crippen LogP contribution is -1.84. The quantitative estimate of drug-likeness (QED) is 0.358. The fourth-order valence-electron chi connectivity index (χ4n) is 3.42. The Kier molecular flexibility index (Phi) is 3.66. The SMILES string of the molecule is Cc1ccc(/C=C/c2ccc(C)c3ccccc23)c2ccccc12. The molecule has 4 aromatic rings. The van der Waals surface area contributed by atoms with Crippen LogP contribution < -0.4 is 0 Å². The number of rotatable bonds is 2. The molecule has 0 heterocycles. The Bertz CT molecular complexity index is 981. The topological polar surface area (TPSA) is 0 Å². The molecule has 4 rings (SSSR count). The van der Waals surface area contributed by atoms with E-state index in [-0.39, 0.29) is 0 Å². The summed E-state index contributed by atoms with van der Waals surface area (Å²) < 4.78 is 0. The summed E-state index contributed by atoms with van der Waals surface area (Å²) in [5, 5.41) is 5.28. The Hall–Kier alpha value is -2.86. The van der Waals surface area contributed by atoms with Gasteiger partial charge in [0.15, 0.2) is 0 Å². The molecule has 0 N–H and O–H groups in total. The number of aryl methyl sites for hydroxylation is 2. The third kappa shape index (κ3) is 2.51. The predicted octanol–water partition coefficient (Wildman–Crippen LogP) is 6.78. The molecule has 0 amide bonds. The van der Waals surface area contributed by atoms with Crippen molar-refractivity contribution in [3.05, 3.63) is 95.1 Å². The van der Waals surface area contributed by atoms with Gasteiger partial charge in [0.2, 0.25) is 0 Å². The molecule has 0 saturated heterocycles. The average Bonchev–Trinajstić information content (AvgIpc) is 2.63. The summed E-state index contributed by atoms with van der Waals surface area (Å²) in [6.07, 6.45) is 4.47. The Morgan fingerprint density at radius 2 is 0.833 bits per heavy atom. The van der Waals surface area contributed by atoms with Crippen LogP contribution in [0.25, 0.3) is 33.7 Å². The predicted molar refractivity (Wildman–Crippen MR) is 106 cm³/mol. The van der Waals surface area contributed by atoms with E-state index < -0.39 is 0 Å². The number of hydrogen-bond donors (Lipinski definition) is 0. The fourth-order valence-corrected chi connectivity index (χ4v) is 3.42. The van der Waals surface area contributed by atoms with E-state index in [1.807, 2.05) is 0 Å². The van der Waals surface area contributed by atoms with E-state index in [4.69, 9.17) is 0 Å². The molecular formula is C24H20. The molecule has 0 aliphatic heterocycles. The molecule has 0 fully saturated rings. The van der Waals surface area contributed by atoms with Crippen LogP contribution in [0.2, 0.25) is 0 Å². The van der Waals surface area contributed by atoms with Crippen LogP contribution in [0, 0.1) is 13.8 Å². The molecule has 0 spiro atoms. The molecular weight excluding hydrogens is 288 g/mol. The normalized spacial score (nSPS) is 11.6. The minimum absolute atomic E-state index is 1.26. The first-order valence-corrected chi connectivity index (χ1v) is 8.39. The molecule has 0 nitrogen and oxygen atoms in total. The molecule has 0 heteroatoms. The third-order valence-electron chi connectivity index (χ3n) is 4.79.